The van der Waals surface area contributed by atoms with Crippen molar-refractivity contribution in [2.45, 2.75) is 20.0 Å². The number of aliphatic hydroxyl groups is 1. The van der Waals surface area contributed by atoms with Crippen molar-refractivity contribution < 1.29 is 5.11 Å². The molecule has 0 unspecified atom stereocenters. The van der Waals surface area contributed by atoms with Gasteiger partial charge in [0, 0.05) is 23.6 Å². The molecule has 14 heavy (non-hydrogen) atoms. The lowest BCUT2D eigenvalue weighted by Gasteiger charge is -2.01. The third kappa shape index (κ3) is 1.15. The highest BCUT2D eigenvalue weighted by Gasteiger charge is 2.11. The molecule has 0 aliphatic heterocycles. The van der Waals surface area contributed by atoms with Crippen molar-refractivity contribution in [3.63, 3.8) is 0 Å². The Morgan fingerprint density at radius 1 is 1.29 bits per heavy atom. The van der Waals surface area contributed by atoms with Crippen LogP contribution in [0, 0.1) is 0 Å². The molecule has 2 aromatic rings. The Balaban J connectivity index is 2.84. The van der Waals surface area contributed by atoms with E-state index in [4.69, 9.17) is 0 Å². The minimum absolute atomic E-state index is 0.119. The van der Waals surface area contributed by atoms with Gasteiger partial charge < -0.3 is 9.67 Å². The lowest BCUT2D eigenvalue weighted by atomic mass is 10.1. The van der Waals surface area contributed by atoms with Gasteiger partial charge in [-0.2, -0.15) is 0 Å². The standard InChI is InChI=1S/C12H15NO/c1-3-9-10-6-4-5-7-11(10)13(2)12(9)8-14/h4-7,14H,3,8H2,1-2H3. The number of aliphatic hydroxyl groups excluding tert-OH is 1. The van der Waals surface area contributed by atoms with Gasteiger partial charge in [0.05, 0.1) is 6.61 Å². The van der Waals surface area contributed by atoms with E-state index in [9.17, 15) is 5.11 Å². The van der Waals surface area contributed by atoms with Crippen LogP contribution in [0.3, 0.4) is 0 Å². The van der Waals surface area contributed by atoms with E-state index in [0.717, 1.165) is 12.1 Å². The average Bonchev–Trinajstić information content (AvgIpc) is 2.51. The van der Waals surface area contributed by atoms with Crippen LogP contribution >= 0.6 is 0 Å². The van der Waals surface area contributed by atoms with Crippen LogP contribution in [0.25, 0.3) is 10.9 Å². The molecule has 2 heteroatoms. The van der Waals surface area contributed by atoms with Crippen molar-refractivity contribution in [1.82, 2.24) is 4.57 Å². The minimum Gasteiger partial charge on any atom is -0.390 e. The number of fused-ring (bicyclic) bond motifs is 1. The molecule has 1 heterocycles. The summed E-state index contributed by atoms with van der Waals surface area (Å²) in [5.74, 6) is 0. The van der Waals surface area contributed by atoms with Gasteiger partial charge in [-0.15, -0.1) is 0 Å². The van der Waals surface area contributed by atoms with Gasteiger partial charge in [0.2, 0.25) is 0 Å². The van der Waals surface area contributed by atoms with Crippen LogP contribution in [0.4, 0.5) is 0 Å². The fraction of sp³-hybridized carbons (Fsp3) is 0.333. The molecule has 2 rings (SSSR count). The van der Waals surface area contributed by atoms with Crippen LogP contribution < -0.4 is 0 Å². The second-order valence-electron chi connectivity index (χ2n) is 3.51. The van der Waals surface area contributed by atoms with Crippen LogP contribution in [0.15, 0.2) is 24.3 Å². The Bertz CT molecular complexity index is 457. The molecule has 74 valence electrons. The number of aromatic nitrogens is 1. The molecule has 0 saturated heterocycles. The SMILES string of the molecule is CCc1c(CO)n(C)c2ccccc12. The third-order valence-electron chi connectivity index (χ3n) is 2.85. The Labute approximate surface area is 83.8 Å². The second kappa shape index (κ2) is 3.46. The highest BCUT2D eigenvalue weighted by Crippen LogP contribution is 2.25. The average molecular weight is 189 g/mol. The fourth-order valence-corrected chi connectivity index (χ4v) is 2.12. The topological polar surface area (TPSA) is 25.2 Å². The van der Waals surface area contributed by atoms with Crippen molar-refractivity contribution in [2.75, 3.05) is 0 Å². The predicted octanol–water partition coefficient (Wildman–Crippen LogP) is 2.23. The van der Waals surface area contributed by atoms with Crippen molar-refractivity contribution in [1.29, 1.82) is 0 Å². The maximum absolute atomic E-state index is 9.31. The molecule has 0 saturated carbocycles. The minimum atomic E-state index is 0.119. The number of para-hydroxylation sites is 1. The van der Waals surface area contributed by atoms with Crippen molar-refractivity contribution in [3.8, 4) is 0 Å². The van der Waals surface area contributed by atoms with Gasteiger partial charge in [-0.05, 0) is 18.1 Å². The van der Waals surface area contributed by atoms with Gasteiger partial charge in [-0.3, -0.25) is 0 Å². The first kappa shape index (κ1) is 9.28. The summed E-state index contributed by atoms with van der Waals surface area (Å²) in [6, 6.07) is 8.28. The van der Waals surface area contributed by atoms with Crippen LogP contribution in [-0.4, -0.2) is 9.67 Å². The van der Waals surface area contributed by atoms with Gasteiger partial charge >= 0.3 is 0 Å². The first-order valence-corrected chi connectivity index (χ1v) is 4.95. The Kier molecular flexibility index (Phi) is 2.30. The van der Waals surface area contributed by atoms with Crippen molar-refractivity contribution in [2.24, 2.45) is 7.05 Å². The van der Waals surface area contributed by atoms with Gasteiger partial charge in [0.15, 0.2) is 0 Å². The summed E-state index contributed by atoms with van der Waals surface area (Å²) in [5, 5.41) is 10.6. The third-order valence-corrected chi connectivity index (χ3v) is 2.85. The molecule has 0 radical (unpaired) electrons. The number of hydrogen-bond donors (Lipinski definition) is 1. The van der Waals surface area contributed by atoms with E-state index in [2.05, 4.69) is 23.6 Å². The van der Waals surface area contributed by atoms with Crippen LogP contribution in [-0.2, 0) is 20.1 Å². The van der Waals surface area contributed by atoms with E-state index in [1.807, 2.05) is 19.2 Å². The highest BCUT2D eigenvalue weighted by atomic mass is 16.3. The quantitative estimate of drug-likeness (QED) is 0.770. The van der Waals surface area contributed by atoms with E-state index in [0.29, 0.717) is 0 Å². The van der Waals surface area contributed by atoms with E-state index >= 15 is 0 Å². The number of rotatable bonds is 2. The molecule has 0 bridgehead atoms. The molecule has 1 aromatic carbocycles. The molecule has 1 N–H and O–H groups in total. The summed E-state index contributed by atoms with van der Waals surface area (Å²) < 4.78 is 2.08. The van der Waals surface area contributed by atoms with E-state index in [1.165, 1.54) is 16.5 Å². The zero-order chi connectivity index (χ0) is 10.1. The monoisotopic (exact) mass is 189 g/mol. The largest absolute Gasteiger partial charge is 0.390 e. The first-order valence-electron chi connectivity index (χ1n) is 4.95. The fourth-order valence-electron chi connectivity index (χ4n) is 2.12. The molecule has 0 aliphatic carbocycles. The summed E-state index contributed by atoms with van der Waals surface area (Å²) in [7, 11) is 2.01. The van der Waals surface area contributed by atoms with E-state index in [-0.39, 0.29) is 6.61 Å². The van der Waals surface area contributed by atoms with Crippen LogP contribution in [0.2, 0.25) is 0 Å². The predicted molar refractivity (Wildman–Crippen MR) is 58.2 cm³/mol. The molecule has 2 nitrogen and oxygen atoms in total. The number of hydrogen-bond acceptors (Lipinski definition) is 1. The molecule has 0 spiro atoms. The molecular weight excluding hydrogens is 174 g/mol. The summed E-state index contributed by atoms with van der Waals surface area (Å²) >= 11 is 0. The summed E-state index contributed by atoms with van der Waals surface area (Å²) in [6.07, 6.45) is 0.969. The lowest BCUT2D eigenvalue weighted by Crippen LogP contribution is -1.97. The Morgan fingerprint density at radius 3 is 2.64 bits per heavy atom. The van der Waals surface area contributed by atoms with Gasteiger partial charge in [0.1, 0.15) is 0 Å². The van der Waals surface area contributed by atoms with E-state index < -0.39 is 0 Å². The van der Waals surface area contributed by atoms with Gasteiger partial charge in [0.25, 0.3) is 0 Å². The smallest absolute Gasteiger partial charge is 0.0835 e. The molecule has 0 aliphatic rings. The van der Waals surface area contributed by atoms with Crippen LogP contribution in [0.5, 0.6) is 0 Å². The summed E-state index contributed by atoms with van der Waals surface area (Å²) in [5.41, 5.74) is 3.51. The van der Waals surface area contributed by atoms with E-state index in [1.54, 1.807) is 0 Å². The maximum atomic E-state index is 9.31. The second-order valence-corrected chi connectivity index (χ2v) is 3.51. The number of aryl methyl sites for hydroxylation is 2. The Hall–Kier alpha value is -1.28. The number of benzene rings is 1. The molecule has 0 amide bonds. The Morgan fingerprint density at radius 2 is 2.00 bits per heavy atom. The first-order chi connectivity index (χ1) is 6.79. The van der Waals surface area contributed by atoms with Gasteiger partial charge in [-0.25, -0.2) is 0 Å². The molecule has 0 atom stereocenters. The highest BCUT2D eigenvalue weighted by molar-refractivity contribution is 5.85. The number of nitrogens with zero attached hydrogens (tertiary/aromatic N) is 1. The van der Waals surface area contributed by atoms with Crippen molar-refractivity contribution in [3.05, 3.63) is 35.5 Å². The van der Waals surface area contributed by atoms with Crippen LogP contribution in [0.1, 0.15) is 18.2 Å². The van der Waals surface area contributed by atoms with Gasteiger partial charge in [-0.1, -0.05) is 25.1 Å². The zero-order valence-corrected chi connectivity index (χ0v) is 8.62. The molecule has 0 fully saturated rings. The molecular formula is C12H15NO. The summed E-state index contributed by atoms with van der Waals surface area (Å²) in [6.45, 7) is 2.25. The summed E-state index contributed by atoms with van der Waals surface area (Å²) in [4.78, 5) is 0. The van der Waals surface area contributed by atoms with Crippen molar-refractivity contribution >= 4 is 10.9 Å². The zero-order valence-electron chi connectivity index (χ0n) is 8.62. The maximum Gasteiger partial charge on any atom is 0.0835 e. The normalized spacial score (nSPS) is 11.1. The molecule has 1 aromatic heterocycles. The lowest BCUT2D eigenvalue weighted by molar-refractivity contribution is 0.272.